The number of hydrogen-bond acceptors (Lipinski definition) is 3. The average molecular weight is 367 g/mol. The van der Waals surface area contributed by atoms with Gasteiger partial charge in [-0.1, -0.05) is 0 Å². The van der Waals surface area contributed by atoms with Crippen LogP contribution in [0.4, 0.5) is 13.2 Å². The number of halogens is 5. The molecule has 0 spiro atoms. The van der Waals surface area contributed by atoms with Crippen molar-refractivity contribution in [1.82, 2.24) is 4.98 Å². The van der Waals surface area contributed by atoms with E-state index in [0.29, 0.717) is 3.57 Å². The highest BCUT2D eigenvalue weighted by Crippen LogP contribution is 2.34. The van der Waals surface area contributed by atoms with Crippen LogP contribution in [0.15, 0.2) is 6.20 Å². The number of pyridine rings is 1. The third kappa shape index (κ3) is 3.27. The molecule has 1 rings (SSSR count). The first-order valence-corrected chi connectivity index (χ1v) is 5.53. The fraction of sp³-hybridized carbons (Fsp3) is 0.375. The molecular formula is C8H6ClF3INO2. The highest BCUT2D eigenvalue weighted by molar-refractivity contribution is 14.1. The molecule has 1 heterocycles. The number of rotatable bonds is 3. The van der Waals surface area contributed by atoms with Crippen LogP contribution in [0.2, 0.25) is 0 Å². The van der Waals surface area contributed by atoms with Gasteiger partial charge in [-0.25, -0.2) is 4.98 Å². The number of methoxy groups -OCH3 is 1. The summed E-state index contributed by atoms with van der Waals surface area (Å²) in [6.45, 7) is 0. The lowest BCUT2D eigenvalue weighted by atomic mass is 10.3. The Kier molecular flexibility index (Phi) is 4.48. The van der Waals surface area contributed by atoms with Crippen LogP contribution in [0, 0.1) is 3.57 Å². The number of alkyl halides is 4. The maximum atomic E-state index is 12.0. The van der Waals surface area contributed by atoms with E-state index >= 15 is 0 Å². The molecule has 8 heteroatoms. The SMILES string of the molecule is COc1c(I)cnc(OC(F)(F)F)c1CCl. The maximum Gasteiger partial charge on any atom is 0.574 e. The molecule has 0 aliphatic rings. The van der Waals surface area contributed by atoms with E-state index in [2.05, 4.69) is 9.72 Å². The Morgan fingerprint density at radius 1 is 1.50 bits per heavy atom. The zero-order chi connectivity index (χ0) is 12.3. The summed E-state index contributed by atoms with van der Waals surface area (Å²) < 4.78 is 45.4. The van der Waals surface area contributed by atoms with Crippen molar-refractivity contribution in [3.05, 3.63) is 15.3 Å². The first kappa shape index (κ1) is 13.6. The van der Waals surface area contributed by atoms with E-state index in [1.165, 1.54) is 13.3 Å². The topological polar surface area (TPSA) is 31.4 Å². The van der Waals surface area contributed by atoms with Gasteiger partial charge in [0.2, 0.25) is 5.88 Å². The first-order chi connectivity index (χ1) is 7.39. The van der Waals surface area contributed by atoms with Crippen LogP contribution < -0.4 is 9.47 Å². The van der Waals surface area contributed by atoms with Crippen molar-refractivity contribution in [3.8, 4) is 11.6 Å². The van der Waals surface area contributed by atoms with Crippen LogP contribution >= 0.6 is 34.2 Å². The molecule has 16 heavy (non-hydrogen) atoms. The van der Waals surface area contributed by atoms with Crippen LogP contribution in [-0.4, -0.2) is 18.5 Å². The Labute approximate surface area is 108 Å². The van der Waals surface area contributed by atoms with E-state index in [1.54, 1.807) is 0 Å². The van der Waals surface area contributed by atoms with E-state index in [9.17, 15) is 13.2 Å². The van der Waals surface area contributed by atoms with Gasteiger partial charge in [-0.3, -0.25) is 0 Å². The van der Waals surface area contributed by atoms with Crippen molar-refractivity contribution in [1.29, 1.82) is 0 Å². The zero-order valence-electron chi connectivity index (χ0n) is 7.94. The molecule has 0 saturated carbocycles. The monoisotopic (exact) mass is 367 g/mol. The standard InChI is InChI=1S/C8H6ClF3INO2/c1-15-6-4(2-9)7(14-3-5(6)13)16-8(10,11)12/h3H,2H2,1H3. The Hall–Kier alpha value is -0.440. The summed E-state index contributed by atoms with van der Waals surface area (Å²) in [5, 5.41) is 0. The summed E-state index contributed by atoms with van der Waals surface area (Å²) in [6.07, 6.45) is -3.58. The lowest BCUT2D eigenvalue weighted by Gasteiger charge is -2.14. The van der Waals surface area contributed by atoms with Gasteiger partial charge >= 0.3 is 6.36 Å². The second-order valence-corrected chi connectivity index (χ2v) is 4.03. The van der Waals surface area contributed by atoms with Crippen molar-refractivity contribution in [3.63, 3.8) is 0 Å². The van der Waals surface area contributed by atoms with E-state index in [0.717, 1.165) is 0 Å². The van der Waals surface area contributed by atoms with Gasteiger partial charge in [-0.2, -0.15) is 0 Å². The molecule has 90 valence electrons. The summed E-state index contributed by atoms with van der Waals surface area (Å²) in [6, 6.07) is 0. The van der Waals surface area contributed by atoms with Crippen molar-refractivity contribution >= 4 is 34.2 Å². The van der Waals surface area contributed by atoms with Gasteiger partial charge in [0.05, 0.1) is 22.1 Å². The first-order valence-electron chi connectivity index (χ1n) is 3.92. The number of nitrogens with zero attached hydrogens (tertiary/aromatic N) is 1. The fourth-order valence-electron chi connectivity index (χ4n) is 1.03. The third-order valence-corrected chi connectivity index (χ3v) is 2.63. The average Bonchev–Trinajstić information content (AvgIpc) is 2.18. The minimum Gasteiger partial charge on any atom is -0.495 e. The van der Waals surface area contributed by atoms with Gasteiger partial charge in [0.15, 0.2) is 0 Å². The Balaban J connectivity index is 3.19. The van der Waals surface area contributed by atoms with E-state index in [4.69, 9.17) is 16.3 Å². The molecule has 0 aromatic carbocycles. The highest BCUT2D eigenvalue weighted by Gasteiger charge is 2.33. The summed E-state index contributed by atoms with van der Waals surface area (Å²) in [4.78, 5) is 3.53. The summed E-state index contributed by atoms with van der Waals surface area (Å²) in [5.74, 6) is -0.525. The van der Waals surface area contributed by atoms with Crippen molar-refractivity contribution in [2.24, 2.45) is 0 Å². The van der Waals surface area contributed by atoms with Crippen LogP contribution in [0.5, 0.6) is 11.6 Å². The highest BCUT2D eigenvalue weighted by atomic mass is 127. The second-order valence-electron chi connectivity index (χ2n) is 2.60. The summed E-state index contributed by atoms with van der Waals surface area (Å²) >= 11 is 7.43. The summed E-state index contributed by atoms with van der Waals surface area (Å²) in [7, 11) is 1.34. The molecule has 0 aliphatic heterocycles. The number of hydrogen-bond donors (Lipinski definition) is 0. The van der Waals surface area contributed by atoms with Gasteiger partial charge in [0, 0.05) is 6.20 Å². The summed E-state index contributed by atoms with van der Waals surface area (Å²) in [5.41, 5.74) is 0.0772. The Bertz CT molecular complexity index is 386. The lowest BCUT2D eigenvalue weighted by molar-refractivity contribution is -0.276. The molecule has 0 amide bonds. The van der Waals surface area contributed by atoms with Crippen LogP contribution in [-0.2, 0) is 5.88 Å². The molecule has 0 radical (unpaired) electrons. The van der Waals surface area contributed by atoms with E-state index < -0.39 is 12.2 Å². The molecule has 0 aliphatic carbocycles. The molecule has 1 aromatic rings. The quantitative estimate of drug-likeness (QED) is 0.607. The predicted molar refractivity (Wildman–Crippen MR) is 59.7 cm³/mol. The molecule has 1 aromatic heterocycles. The second kappa shape index (κ2) is 5.26. The van der Waals surface area contributed by atoms with Crippen molar-refractivity contribution in [2.45, 2.75) is 12.2 Å². The van der Waals surface area contributed by atoms with Crippen LogP contribution in [0.3, 0.4) is 0 Å². The normalized spacial score (nSPS) is 11.4. The minimum atomic E-state index is -4.80. The number of ether oxygens (including phenoxy) is 2. The minimum absolute atomic E-state index is 0.0772. The molecule has 0 unspecified atom stereocenters. The smallest absolute Gasteiger partial charge is 0.495 e. The van der Waals surface area contributed by atoms with Gasteiger partial charge in [0.25, 0.3) is 0 Å². The van der Waals surface area contributed by atoms with E-state index in [-0.39, 0.29) is 17.2 Å². The zero-order valence-corrected chi connectivity index (χ0v) is 10.9. The van der Waals surface area contributed by atoms with Gasteiger partial charge in [-0.05, 0) is 22.6 Å². The van der Waals surface area contributed by atoms with Crippen LogP contribution in [0.25, 0.3) is 0 Å². The molecule has 0 saturated heterocycles. The Morgan fingerprint density at radius 3 is 2.56 bits per heavy atom. The Morgan fingerprint density at radius 2 is 2.12 bits per heavy atom. The molecule has 0 atom stereocenters. The lowest BCUT2D eigenvalue weighted by Crippen LogP contribution is -2.19. The number of aromatic nitrogens is 1. The molecule has 0 fully saturated rings. The van der Waals surface area contributed by atoms with Gasteiger partial charge in [-0.15, -0.1) is 24.8 Å². The van der Waals surface area contributed by atoms with Crippen molar-refractivity contribution < 1.29 is 22.6 Å². The molecular weight excluding hydrogens is 361 g/mol. The van der Waals surface area contributed by atoms with Crippen LogP contribution in [0.1, 0.15) is 5.56 Å². The fourth-order valence-corrected chi connectivity index (χ4v) is 1.95. The maximum absolute atomic E-state index is 12.0. The molecule has 0 bridgehead atoms. The van der Waals surface area contributed by atoms with Gasteiger partial charge < -0.3 is 9.47 Å². The largest absolute Gasteiger partial charge is 0.574 e. The van der Waals surface area contributed by atoms with E-state index in [1.807, 2.05) is 22.6 Å². The third-order valence-electron chi connectivity index (χ3n) is 1.59. The predicted octanol–water partition coefficient (Wildman–Crippen LogP) is 3.33. The molecule has 0 N–H and O–H groups in total. The van der Waals surface area contributed by atoms with Crippen molar-refractivity contribution in [2.75, 3.05) is 7.11 Å². The molecule has 3 nitrogen and oxygen atoms in total. The van der Waals surface area contributed by atoms with Gasteiger partial charge in [0.1, 0.15) is 5.75 Å².